The summed E-state index contributed by atoms with van der Waals surface area (Å²) < 4.78 is 12.7. The first-order valence-electron chi connectivity index (χ1n) is 10.8. The third-order valence-electron chi connectivity index (χ3n) is 5.57. The van der Waals surface area contributed by atoms with Crippen LogP contribution in [0, 0.1) is 0 Å². The van der Waals surface area contributed by atoms with Crippen LogP contribution >= 0.6 is 23.2 Å². The number of halogens is 2. The molecule has 4 heteroatoms. The summed E-state index contributed by atoms with van der Waals surface area (Å²) >= 11 is 11.5. The molecular weight excluding hydrogens is 391 g/mol. The van der Waals surface area contributed by atoms with Gasteiger partial charge in [0.1, 0.15) is 11.2 Å². The van der Waals surface area contributed by atoms with E-state index in [9.17, 15) is 0 Å². The van der Waals surface area contributed by atoms with Gasteiger partial charge < -0.3 is 9.47 Å². The Labute approximate surface area is 181 Å². The molecule has 0 saturated heterocycles. The number of unbranched alkanes of at least 4 members (excludes halogenated alkanes) is 6. The lowest BCUT2D eigenvalue weighted by Gasteiger charge is -2.41. The molecule has 0 aromatic rings. The molecule has 0 heterocycles. The standard InChI is InChI=1S/C24H36Cl2O2/c1-23(27-19-9-5-3-7-17-25)15-11-14-22-21(23)13-12-16-24(22,2)28-20-10-6-4-8-18-26/h11-16H,3-10,17-20H2,1-2H3. The second-order valence-corrected chi connectivity index (χ2v) is 8.75. The van der Waals surface area contributed by atoms with Gasteiger partial charge in [-0.3, -0.25) is 0 Å². The van der Waals surface area contributed by atoms with Crippen molar-refractivity contribution in [3.05, 3.63) is 47.6 Å². The molecule has 0 radical (unpaired) electrons. The normalized spacial score (nSPS) is 26.1. The zero-order valence-electron chi connectivity index (χ0n) is 17.5. The van der Waals surface area contributed by atoms with Crippen LogP contribution in [0.3, 0.4) is 0 Å². The molecular formula is C24H36Cl2O2. The lowest BCUT2D eigenvalue weighted by Crippen LogP contribution is -2.41. The van der Waals surface area contributed by atoms with Crippen molar-refractivity contribution in [1.29, 1.82) is 0 Å². The fourth-order valence-corrected chi connectivity index (χ4v) is 4.18. The van der Waals surface area contributed by atoms with Gasteiger partial charge in [0.2, 0.25) is 0 Å². The van der Waals surface area contributed by atoms with Gasteiger partial charge in [-0.1, -0.05) is 50.0 Å². The first kappa shape index (κ1) is 23.7. The van der Waals surface area contributed by atoms with Crippen LogP contribution in [0.5, 0.6) is 0 Å². The molecule has 0 saturated carbocycles. The lowest BCUT2D eigenvalue weighted by atomic mass is 9.75. The fourth-order valence-electron chi connectivity index (χ4n) is 3.80. The highest BCUT2D eigenvalue weighted by molar-refractivity contribution is 6.18. The molecule has 158 valence electrons. The summed E-state index contributed by atoms with van der Waals surface area (Å²) in [6, 6.07) is 0. The Morgan fingerprint density at radius 3 is 1.43 bits per heavy atom. The van der Waals surface area contributed by atoms with Gasteiger partial charge in [-0.2, -0.15) is 0 Å². The average Bonchev–Trinajstić information content (AvgIpc) is 2.68. The number of allylic oxidation sites excluding steroid dienone is 4. The van der Waals surface area contributed by atoms with Gasteiger partial charge in [-0.15, -0.1) is 23.2 Å². The van der Waals surface area contributed by atoms with Crippen LogP contribution in [0.1, 0.15) is 65.2 Å². The van der Waals surface area contributed by atoms with E-state index >= 15 is 0 Å². The van der Waals surface area contributed by atoms with Crippen LogP contribution in [0.25, 0.3) is 0 Å². The first-order valence-corrected chi connectivity index (χ1v) is 11.8. The maximum atomic E-state index is 6.35. The average molecular weight is 427 g/mol. The largest absolute Gasteiger partial charge is 0.366 e. The molecule has 0 aromatic carbocycles. The van der Waals surface area contributed by atoms with Crippen molar-refractivity contribution in [2.45, 2.75) is 76.4 Å². The molecule has 0 aliphatic heterocycles. The van der Waals surface area contributed by atoms with E-state index in [4.69, 9.17) is 32.7 Å². The lowest BCUT2D eigenvalue weighted by molar-refractivity contribution is 0.00945. The number of ether oxygens (including phenoxy) is 2. The molecule has 0 aromatic heterocycles. The van der Waals surface area contributed by atoms with Crippen LogP contribution < -0.4 is 0 Å². The van der Waals surface area contributed by atoms with E-state index in [1.54, 1.807) is 0 Å². The quantitative estimate of drug-likeness (QED) is 0.217. The van der Waals surface area contributed by atoms with Crippen LogP contribution in [0.2, 0.25) is 0 Å². The summed E-state index contributed by atoms with van der Waals surface area (Å²) in [6.45, 7) is 5.84. The van der Waals surface area contributed by atoms with Gasteiger partial charge in [0, 0.05) is 25.0 Å². The van der Waals surface area contributed by atoms with Crippen molar-refractivity contribution >= 4 is 23.2 Å². The number of fused-ring (bicyclic) bond motifs is 1. The van der Waals surface area contributed by atoms with E-state index in [2.05, 4.69) is 50.3 Å². The minimum absolute atomic E-state index is 0.397. The Morgan fingerprint density at radius 1 is 0.643 bits per heavy atom. The van der Waals surface area contributed by atoms with Gasteiger partial charge in [0.05, 0.1) is 0 Å². The number of rotatable bonds is 14. The molecule has 2 rings (SSSR count). The maximum Gasteiger partial charge on any atom is 0.109 e. The van der Waals surface area contributed by atoms with Crippen LogP contribution in [0.15, 0.2) is 47.6 Å². The van der Waals surface area contributed by atoms with Gasteiger partial charge >= 0.3 is 0 Å². The van der Waals surface area contributed by atoms with Gasteiger partial charge in [0.15, 0.2) is 0 Å². The van der Waals surface area contributed by atoms with Gasteiger partial charge in [-0.25, -0.2) is 0 Å². The number of alkyl halides is 2. The van der Waals surface area contributed by atoms with E-state index in [0.717, 1.165) is 50.7 Å². The maximum absolute atomic E-state index is 6.35. The fraction of sp³-hybridized carbons (Fsp3) is 0.667. The molecule has 2 aliphatic carbocycles. The van der Waals surface area contributed by atoms with Crippen LogP contribution in [-0.2, 0) is 9.47 Å². The van der Waals surface area contributed by atoms with E-state index in [0.29, 0.717) is 0 Å². The summed E-state index contributed by atoms with van der Waals surface area (Å²) in [5, 5.41) is 0. The second kappa shape index (κ2) is 12.2. The zero-order chi connectivity index (χ0) is 20.3. The van der Waals surface area contributed by atoms with Crippen molar-refractivity contribution < 1.29 is 9.47 Å². The molecule has 0 amide bonds. The van der Waals surface area contributed by atoms with Crippen molar-refractivity contribution in [1.82, 2.24) is 0 Å². The Hall–Kier alpha value is -0.540. The smallest absolute Gasteiger partial charge is 0.109 e. The molecule has 2 nitrogen and oxygen atoms in total. The van der Waals surface area contributed by atoms with Gasteiger partial charge in [0.25, 0.3) is 0 Å². The molecule has 0 fully saturated rings. The number of hydrogen-bond acceptors (Lipinski definition) is 2. The monoisotopic (exact) mass is 426 g/mol. The molecule has 2 aliphatic rings. The summed E-state index contributed by atoms with van der Waals surface area (Å²) in [5.41, 5.74) is 1.63. The highest BCUT2D eigenvalue weighted by Gasteiger charge is 2.40. The third kappa shape index (κ3) is 6.76. The molecule has 0 N–H and O–H groups in total. The molecule has 28 heavy (non-hydrogen) atoms. The van der Waals surface area contributed by atoms with Crippen LogP contribution in [-0.4, -0.2) is 36.2 Å². The van der Waals surface area contributed by atoms with Crippen molar-refractivity contribution in [2.24, 2.45) is 0 Å². The van der Waals surface area contributed by atoms with E-state index in [1.807, 2.05) is 0 Å². The zero-order valence-corrected chi connectivity index (χ0v) is 19.0. The minimum Gasteiger partial charge on any atom is -0.366 e. The van der Waals surface area contributed by atoms with Crippen molar-refractivity contribution in [2.75, 3.05) is 25.0 Å². The Balaban J connectivity index is 1.90. The first-order chi connectivity index (χ1) is 13.6. The highest BCUT2D eigenvalue weighted by Crippen LogP contribution is 2.42. The van der Waals surface area contributed by atoms with Crippen molar-refractivity contribution in [3.63, 3.8) is 0 Å². The molecule has 0 bridgehead atoms. The Kier molecular flexibility index (Phi) is 10.4. The SMILES string of the molecule is CC1(OCCCCCCCl)C=CC=C2C1=CC=CC2(C)OCCCCCCCl. The van der Waals surface area contributed by atoms with E-state index in [1.165, 1.54) is 36.8 Å². The van der Waals surface area contributed by atoms with Crippen LogP contribution in [0.4, 0.5) is 0 Å². The third-order valence-corrected chi connectivity index (χ3v) is 6.11. The molecule has 0 spiro atoms. The molecule has 2 atom stereocenters. The summed E-state index contributed by atoms with van der Waals surface area (Å²) in [7, 11) is 0. The topological polar surface area (TPSA) is 18.5 Å². The van der Waals surface area contributed by atoms with Crippen molar-refractivity contribution in [3.8, 4) is 0 Å². The minimum atomic E-state index is -0.397. The van der Waals surface area contributed by atoms with Gasteiger partial charge in [-0.05, 0) is 62.8 Å². The molecule has 2 unspecified atom stereocenters. The Morgan fingerprint density at radius 2 is 1.04 bits per heavy atom. The summed E-state index contributed by atoms with van der Waals surface area (Å²) in [5.74, 6) is 1.50. The predicted octanol–water partition coefficient (Wildman–Crippen LogP) is 7.13. The summed E-state index contributed by atoms with van der Waals surface area (Å²) in [4.78, 5) is 0. The van der Waals surface area contributed by atoms with E-state index < -0.39 is 11.2 Å². The highest BCUT2D eigenvalue weighted by atomic mass is 35.5. The number of hydrogen-bond donors (Lipinski definition) is 0. The Bertz CT molecular complexity index is 541. The second-order valence-electron chi connectivity index (χ2n) is 8.00. The summed E-state index contributed by atoms with van der Waals surface area (Å²) in [6.07, 6.45) is 21.9. The van der Waals surface area contributed by atoms with E-state index in [-0.39, 0.29) is 0 Å². The predicted molar refractivity (Wildman–Crippen MR) is 122 cm³/mol.